The van der Waals surface area contributed by atoms with Gasteiger partial charge in [0.25, 0.3) is 8.32 Å². The molecule has 0 fully saturated rings. The van der Waals surface area contributed by atoms with Crippen molar-refractivity contribution in [2.75, 3.05) is 5.33 Å². The van der Waals surface area contributed by atoms with Crippen molar-refractivity contribution in [2.45, 2.75) is 36.9 Å². The molecule has 1 aromatic carbocycles. The summed E-state index contributed by atoms with van der Waals surface area (Å²) >= 11 is 3.51. The zero-order chi connectivity index (χ0) is 14.9. The standard InChI is InChI=1S/C12H20BrNO3SSi/c1-12(2,9-13)19(3,4)17-10-6-5-7-11(8-10)18(14,15)16/h5-8H,9H2,1-4H3,(H2,14,15,16). The van der Waals surface area contributed by atoms with Crippen LogP contribution in [0, 0.1) is 0 Å². The van der Waals surface area contributed by atoms with Crippen molar-refractivity contribution in [3.8, 4) is 5.75 Å². The Kier molecular flexibility index (Phi) is 4.87. The smallest absolute Gasteiger partial charge is 0.251 e. The van der Waals surface area contributed by atoms with Crippen LogP contribution in [-0.2, 0) is 10.0 Å². The monoisotopic (exact) mass is 365 g/mol. The van der Waals surface area contributed by atoms with E-state index in [0.29, 0.717) is 5.75 Å². The number of hydrogen-bond donors (Lipinski definition) is 1. The summed E-state index contributed by atoms with van der Waals surface area (Å²) in [7, 11) is -5.73. The van der Waals surface area contributed by atoms with Crippen molar-refractivity contribution in [3.63, 3.8) is 0 Å². The molecule has 2 N–H and O–H groups in total. The molecule has 0 aliphatic heterocycles. The van der Waals surface area contributed by atoms with E-state index in [1.165, 1.54) is 12.1 Å². The highest BCUT2D eigenvalue weighted by atomic mass is 79.9. The Balaban J connectivity index is 3.08. The van der Waals surface area contributed by atoms with Crippen LogP contribution in [0.3, 0.4) is 0 Å². The van der Waals surface area contributed by atoms with E-state index in [0.717, 1.165) is 5.33 Å². The van der Waals surface area contributed by atoms with Crippen LogP contribution in [0.5, 0.6) is 5.75 Å². The second-order valence-corrected chi connectivity index (χ2v) is 12.4. The molecule has 0 aliphatic rings. The van der Waals surface area contributed by atoms with Gasteiger partial charge in [-0.3, -0.25) is 0 Å². The van der Waals surface area contributed by atoms with Gasteiger partial charge < -0.3 is 4.43 Å². The third-order valence-electron chi connectivity index (χ3n) is 3.47. The maximum Gasteiger partial charge on any atom is 0.251 e. The number of halogens is 1. The van der Waals surface area contributed by atoms with Crippen molar-refractivity contribution in [1.29, 1.82) is 0 Å². The van der Waals surface area contributed by atoms with Gasteiger partial charge in [0.05, 0.1) is 4.90 Å². The Labute approximate surface area is 124 Å². The van der Waals surface area contributed by atoms with E-state index in [-0.39, 0.29) is 9.93 Å². The molecule has 0 saturated heterocycles. The molecule has 1 rings (SSSR count). The van der Waals surface area contributed by atoms with E-state index in [1.54, 1.807) is 12.1 Å². The highest BCUT2D eigenvalue weighted by Crippen LogP contribution is 2.39. The summed E-state index contributed by atoms with van der Waals surface area (Å²) in [6, 6.07) is 6.34. The van der Waals surface area contributed by atoms with Gasteiger partial charge in [0.2, 0.25) is 10.0 Å². The molecule has 7 heteroatoms. The lowest BCUT2D eigenvalue weighted by molar-refractivity contribution is 0.494. The molecule has 0 radical (unpaired) electrons. The first-order valence-corrected chi connectivity index (χ1v) is 11.4. The first-order valence-electron chi connectivity index (χ1n) is 5.87. The number of primary sulfonamides is 1. The van der Waals surface area contributed by atoms with Gasteiger partial charge in [-0.2, -0.15) is 0 Å². The van der Waals surface area contributed by atoms with Crippen molar-refractivity contribution < 1.29 is 12.8 Å². The predicted molar refractivity (Wildman–Crippen MR) is 83.8 cm³/mol. The van der Waals surface area contributed by atoms with E-state index in [4.69, 9.17) is 9.56 Å². The molecule has 1 aromatic rings. The third kappa shape index (κ3) is 4.04. The molecular formula is C12H20BrNO3SSi. The molecule has 108 valence electrons. The average Bonchev–Trinajstić information content (AvgIpc) is 2.27. The number of alkyl halides is 1. The van der Waals surface area contributed by atoms with E-state index in [9.17, 15) is 8.42 Å². The van der Waals surface area contributed by atoms with E-state index >= 15 is 0 Å². The molecule has 0 aromatic heterocycles. The average molecular weight is 366 g/mol. The molecule has 0 spiro atoms. The minimum Gasteiger partial charge on any atom is -0.543 e. The zero-order valence-corrected chi connectivity index (χ0v) is 15.0. The second-order valence-electron chi connectivity index (χ2n) is 5.65. The van der Waals surface area contributed by atoms with Crippen LogP contribution < -0.4 is 9.56 Å². The van der Waals surface area contributed by atoms with Gasteiger partial charge in [-0.15, -0.1) is 0 Å². The van der Waals surface area contributed by atoms with Gasteiger partial charge in [0, 0.05) is 10.4 Å². The van der Waals surface area contributed by atoms with E-state index in [1.807, 2.05) is 0 Å². The molecule has 0 saturated carbocycles. The summed E-state index contributed by atoms with van der Waals surface area (Å²) < 4.78 is 28.7. The molecule has 0 heterocycles. The van der Waals surface area contributed by atoms with Crippen molar-refractivity contribution >= 4 is 34.3 Å². The lowest BCUT2D eigenvalue weighted by Crippen LogP contribution is -2.46. The SMILES string of the molecule is CC(C)(CBr)[Si](C)(C)Oc1cccc(S(N)(=O)=O)c1. The molecule has 4 nitrogen and oxygen atoms in total. The number of hydrogen-bond acceptors (Lipinski definition) is 3. The Hall–Kier alpha value is -0.373. The summed E-state index contributed by atoms with van der Waals surface area (Å²) in [5.41, 5.74) is 0. The van der Waals surface area contributed by atoms with Crippen LogP contribution >= 0.6 is 15.9 Å². The highest BCUT2D eigenvalue weighted by molar-refractivity contribution is 9.09. The fourth-order valence-corrected chi connectivity index (χ4v) is 5.20. The molecule has 0 unspecified atom stereocenters. The van der Waals surface area contributed by atoms with Gasteiger partial charge in [0.15, 0.2) is 0 Å². The minimum absolute atomic E-state index is 0.0184. The lowest BCUT2D eigenvalue weighted by Gasteiger charge is -2.38. The van der Waals surface area contributed by atoms with Crippen LogP contribution in [0.25, 0.3) is 0 Å². The summed E-state index contributed by atoms with van der Waals surface area (Å²) in [6.45, 7) is 8.49. The maximum atomic E-state index is 11.3. The van der Waals surface area contributed by atoms with Crippen LogP contribution in [0.15, 0.2) is 29.2 Å². The minimum atomic E-state index is -3.70. The Morgan fingerprint density at radius 3 is 2.42 bits per heavy atom. The van der Waals surface area contributed by atoms with Crippen LogP contribution in [0.1, 0.15) is 13.8 Å². The summed E-state index contributed by atoms with van der Waals surface area (Å²) in [6.07, 6.45) is 0. The molecule has 0 atom stereocenters. The number of benzene rings is 1. The van der Waals surface area contributed by atoms with Crippen molar-refractivity contribution in [3.05, 3.63) is 24.3 Å². The Bertz CT molecular complexity index is 558. The first-order chi connectivity index (χ1) is 8.49. The Morgan fingerprint density at radius 2 is 1.95 bits per heavy atom. The quantitative estimate of drug-likeness (QED) is 0.643. The topological polar surface area (TPSA) is 69.4 Å². The third-order valence-corrected chi connectivity index (χ3v) is 10.5. The first kappa shape index (κ1) is 16.7. The number of sulfonamides is 1. The molecular weight excluding hydrogens is 346 g/mol. The zero-order valence-electron chi connectivity index (χ0n) is 11.6. The van der Waals surface area contributed by atoms with Gasteiger partial charge >= 0.3 is 0 Å². The Morgan fingerprint density at radius 1 is 1.37 bits per heavy atom. The molecule has 19 heavy (non-hydrogen) atoms. The highest BCUT2D eigenvalue weighted by Gasteiger charge is 2.42. The van der Waals surface area contributed by atoms with Crippen LogP contribution in [-0.4, -0.2) is 22.1 Å². The fraction of sp³-hybridized carbons (Fsp3) is 0.500. The summed E-state index contributed by atoms with van der Waals surface area (Å²) in [5.74, 6) is 0.553. The van der Waals surface area contributed by atoms with Gasteiger partial charge in [-0.05, 0) is 31.3 Å². The van der Waals surface area contributed by atoms with E-state index in [2.05, 4.69) is 42.9 Å². The number of rotatable bonds is 5. The van der Waals surface area contributed by atoms with Crippen molar-refractivity contribution in [1.82, 2.24) is 0 Å². The summed E-state index contributed by atoms with van der Waals surface area (Å²) in [5, 5.41) is 5.97. The van der Waals surface area contributed by atoms with Gasteiger partial charge in [0.1, 0.15) is 5.75 Å². The van der Waals surface area contributed by atoms with Crippen molar-refractivity contribution in [2.24, 2.45) is 5.14 Å². The number of nitrogens with two attached hydrogens (primary N) is 1. The maximum absolute atomic E-state index is 11.3. The van der Waals surface area contributed by atoms with Gasteiger partial charge in [-0.25, -0.2) is 13.6 Å². The largest absolute Gasteiger partial charge is 0.543 e. The normalized spacial score (nSPS) is 13.4. The van der Waals surface area contributed by atoms with Crippen LogP contribution in [0.4, 0.5) is 0 Å². The molecule has 0 bridgehead atoms. The van der Waals surface area contributed by atoms with Gasteiger partial charge in [-0.1, -0.05) is 35.8 Å². The second kappa shape index (κ2) is 5.55. The predicted octanol–water partition coefficient (Wildman–Crippen LogP) is 3.09. The lowest BCUT2D eigenvalue weighted by atomic mass is 10.2. The fourth-order valence-electron chi connectivity index (χ4n) is 1.31. The van der Waals surface area contributed by atoms with E-state index < -0.39 is 18.3 Å². The molecule has 0 aliphatic carbocycles. The molecule has 0 amide bonds. The van der Waals surface area contributed by atoms with Crippen LogP contribution in [0.2, 0.25) is 18.1 Å². The summed E-state index contributed by atoms with van der Waals surface area (Å²) in [4.78, 5) is 0.0754.